The zero-order valence-corrected chi connectivity index (χ0v) is 31.9. The molecule has 11 aromatic carbocycles. The van der Waals surface area contributed by atoms with Gasteiger partial charge in [0.1, 0.15) is 0 Å². The van der Waals surface area contributed by atoms with Gasteiger partial charge in [0.15, 0.2) is 11.5 Å². The van der Waals surface area contributed by atoms with Gasteiger partial charge in [0, 0.05) is 27.2 Å². The molecular formula is C56H34N2O. The summed E-state index contributed by atoms with van der Waals surface area (Å²) in [6, 6.07) is 75.0. The van der Waals surface area contributed by atoms with Gasteiger partial charge in [-0.15, -0.1) is 0 Å². The lowest BCUT2D eigenvalue weighted by Gasteiger charge is -2.34. The molecule has 274 valence electrons. The summed E-state index contributed by atoms with van der Waals surface area (Å²) in [4.78, 5) is 2.38. The SMILES string of the molecule is c1ccc2c(N3c4ccc(-c5ccc6c7ccccc7n(-c7ccc8c9ccccc9c9ccccc9c8c7)c6c5)cc4Oc4c3ccc3ccccc43)cccc2c1. The Morgan fingerprint density at radius 2 is 0.847 bits per heavy atom. The molecule has 3 nitrogen and oxygen atoms in total. The zero-order valence-electron chi connectivity index (χ0n) is 31.9. The Morgan fingerprint density at radius 3 is 1.63 bits per heavy atom. The van der Waals surface area contributed by atoms with Crippen LogP contribution in [-0.2, 0) is 0 Å². The number of anilines is 3. The molecule has 0 saturated heterocycles. The Morgan fingerprint density at radius 1 is 0.305 bits per heavy atom. The second kappa shape index (κ2) is 12.3. The van der Waals surface area contributed by atoms with Crippen LogP contribution in [0.3, 0.4) is 0 Å². The molecule has 1 aromatic heterocycles. The van der Waals surface area contributed by atoms with Crippen LogP contribution in [0, 0.1) is 0 Å². The fourth-order valence-electron chi connectivity index (χ4n) is 9.84. The fraction of sp³-hybridized carbons (Fsp3) is 0. The van der Waals surface area contributed by atoms with E-state index >= 15 is 0 Å². The third-order valence-corrected chi connectivity index (χ3v) is 12.5. The quantitative estimate of drug-likeness (QED) is 0.167. The lowest BCUT2D eigenvalue weighted by Crippen LogP contribution is -2.16. The molecule has 0 unspecified atom stereocenters. The standard InChI is InChI=1S/C56H34N2O/c1-3-15-40-35(12-1)14-11-23-50(40)58-52-30-26-38(33-55(52)59-56-41-16-4-2-13-36(41)25-31-53(56)58)37-24-28-48-47-21-9-10-22-51(47)57(54(48)32-37)39-27-29-46-44-19-6-5-17-42(44)43-18-7-8-20-45(43)49(46)34-39/h1-34H. The van der Waals surface area contributed by atoms with Crippen molar-refractivity contribution >= 4 is 92.7 Å². The van der Waals surface area contributed by atoms with Gasteiger partial charge in [0.05, 0.1) is 28.1 Å². The largest absolute Gasteiger partial charge is 0.452 e. The van der Waals surface area contributed by atoms with E-state index in [0.29, 0.717) is 0 Å². The fourth-order valence-corrected chi connectivity index (χ4v) is 9.84. The van der Waals surface area contributed by atoms with Crippen LogP contribution in [0.2, 0.25) is 0 Å². The van der Waals surface area contributed by atoms with Crippen molar-refractivity contribution in [3.63, 3.8) is 0 Å². The number of nitrogens with zero attached hydrogens (tertiary/aromatic N) is 2. The molecule has 0 fully saturated rings. The highest BCUT2D eigenvalue weighted by Gasteiger charge is 2.29. The Hall–Kier alpha value is -7.88. The van der Waals surface area contributed by atoms with E-state index in [1.165, 1.54) is 64.9 Å². The van der Waals surface area contributed by atoms with E-state index in [-0.39, 0.29) is 0 Å². The average Bonchev–Trinajstić information content (AvgIpc) is 3.64. The molecule has 0 bridgehead atoms. The topological polar surface area (TPSA) is 17.4 Å². The minimum absolute atomic E-state index is 0.827. The molecule has 59 heavy (non-hydrogen) atoms. The second-order valence-corrected chi connectivity index (χ2v) is 15.7. The summed E-state index contributed by atoms with van der Waals surface area (Å²) in [6.45, 7) is 0. The molecule has 1 aliphatic rings. The maximum Gasteiger partial charge on any atom is 0.159 e. The molecule has 0 amide bonds. The van der Waals surface area contributed by atoms with E-state index in [1.807, 2.05) is 0 Å². The molecule has 3 heteroatoms. The molecule has 0 N–H and O–H groups in total. The maximum absolute atomic E-state index is 7.00. The van der Waals surface area contributed by atoms with Crippen LogP contribution < -0.4 is 9.64 Å². The van der Waals surface area contributed by atoms with Crippen LogP contribution in [0.1, 0.15) is 0 Å². The van der Waals surface area contributed by atoms with Crippen LogP contribution in [0.25, 0.3) is 92.5 Å². The lowest BCUT2D eigenvalue weighted by molar-refractivity contribution is 0.483. The summed E-state index contributed by atoms with van der Waals surface area (Å²) >= 11 is 0. The summed E-state index contributed by atoms with van der Waals surface area (Å²) in [7, 11) is 0. The first-order chi connectivity index (χ1) is 29.3. The molecule has 0 atom stereocenters. The van der Waals surface area contributed by atoms with E-state index in [0.717, 1.165) is 56.1 Å². The van der Waals surface area contributed by atoms with Gasteiger partial charge >= 0.3 is 0 Å². The van der Waals surface area contributed by atoms with Crippen molar-refractivity contribution in [3.8, 4) is 28.3 Å². The molecule has 0 spiro atoms. The van der Waals surface area contributed by atoms with Crippen LogP contribution in [-0.4, -0.2) is 4.57 Å². The van der Waals surface area contributed by atoms with Crippen molar-refractivity contribution in [2.24, 2.45) is 0 Å². The summed E-state index contributed by atoms with van der Waals surface area (Å²) in [5.74, 6) is 1.70. The van der Waals surface area contributed by atoms with E-state index in [9.17, 15) is 0 Å². The summed E-state index contributed by atoms with van der Waals surface area (Å²) in [6.07, 6.45) is 0. The van der Waals surface area contributed by atoms with Crippen LogP contribution in [0.15, 0.2) is 206 Å². The predicted molar refractivity (Wildman–Crippen MR) is 249 cm³/mol. The van der Waals surface area contributed by atoms with Crippen LogP contribution in [0.5, 0.6) is 11.5 Å². The first-order valence-corrected chi connectivity index (χ1v) is 20.3. The second-order valence-electron chi connectivity index (χ2n) is 15.7. The normalized spacial score (nSPS) is 12.5. The molecule has 0 saturated carbocycles. The lowest BCUT2D eigenvalue weighted by atomic mass is 9.94. The number of rotatable bonds is 3. The molecule has 1 aliphatic heterocycles. The molecular weight excluding hydrogens is 717 g/mol. The number of ether oxygens (including phenoxy) is 1. The van der Waals surface area contributed by atoms with E-state index in [1.54, 1.807) is 0 Å². The number of hydrogen-bond acceptors (Lipinski definition) is 2. The van der Waals surface area contributed by atoms with Gasteiger partial charge in [-0.3, -0.25) is 0 Å². The van der Waals surface area contributed by atoms with Crippen molar-refractivity contribution < 1.29 is 4.74 Å². The number of fused-ring (bicyclic) bond motifs is 14. The summed E-state index contributed by atoms with van der Waals surface area (Å²) < 4.78 is 9.45. The van der Waals surface area contributed by atoms with E-state index in [4.69, 9.17) is 4.74 Å². The van der Waals surface area contributed by atoms with Gasteiger partial charge in [-0.2, -0.15) is 0 Å². The van der Waals surface area contributed by atoms with Crippen molar-refractivity contribution in [1.29, 1.82) is 0 Å². The number of para-hydroxylation sites is 1. The van der Waals surface area contributed by atoms with Gasteiger partial charge < -0.3 is 14.2 Å². The minimum Gasteiger partial charge on any atom is -0.452 e. The Balaban J connectivity index is 1.01. The highest BCUT2D eigenvalue weighted by Crippen LogP contribution is 2.54. The van der Waals surface area contributed by atoms with E-state index in [2.05, 4.69) is 216 Å². The highest BCUT2D eigenvalue weighted by molar-refractivity contribution is 6.25. The third-order valence-electron chi connectivity index (χ3n) is 12.5. The van der Waals surface area contributed by atoms with Crippen molar-refractivity contribution in [2.75, 3.05) is 4.90 Å². The smallest absolute Gasteiger partial charge is 0.159 e. The van der Waals surface area contributed by atoms with Gasteiger partial charge in [-0.1, -0.05) is 158 Å². The van der Waals surface area contributed by atoms with Crippen LogP contribution in [0.4, 0.5) is 17.1 Å². The van der Waals surface area contributed by atoms with Crippen molar-refractivity contribution in [2.45, 2.75) is 0 Å². The van der Waals surface area contributed by atoms with Gasteiger partial charge in [0.2, 0.25) is 0 Å². The van der Waals surface area contributed by atoms with E-state index < -0.39 is 0 Å². The molecule has 0 aliphatic carbocycles. The highest BCUT2D eigenvalue weighted by atomic mass is 16.5. The monoisotopic (exact) mass is 750 g/mol. The molecule has 12 aromatic rings. The molecule has 0 radical (unpaired) electrons. The number of hydrogen-bond donors (Lipinski definition) is 0. The zero-order chi connectivity index (χ0) is 38.6. The first kappa shape index (κ1) is 32.2. The average molecular weight is 751 g/mol. The van der Waals surface area contributed by atoms with Gasteiger partial charge in [0.25, 0.3) is 0 Å². The van der Waals surface area contributed by atoms with Crippen LogP contribution >= 0.6 is 0 Å². The molecule has 2 heterocycles. The number of aromatic nitrogens is 1. The minimum atomic E-state index is 0.827. The first-order valence-electron chi connectivity index (χ1n) is 20.3. The van der Waals surface area contributed by atoms with Crippen molar-refractivity contribution in [1.82, 2.24) is 4.57 Å². The third kappa shape index (κ3) is 4.70. The maximum atomic E-state index is 7.00. The molecule has 13 rings (SSSR count). The summed E-state index contributed by atoms with van der Waals surface area (Å²) in [5.41, 5.74) is 8.89. The van der Waals surface area contributed by atoms with Gasteiger partial charge in [-0.05, 0) is 103 Å². The summed E-state index contributed by atoms with van der Waals surface area (Å²) in [5, 5.41) is 14.7. The van der Waals surface area contributed by atoms with Crippen molar-refractivity contribution in [3.05, 3.63) is 206 Å². The Bertz CT molecular complexity index is 3690. The predicted octanol–water partition coefficient (Wildman–Crippen LogP) is 15.8. The Kier molecular flexibility index (Phi) is 6.72. The number of benzene rings is 11. The Labute approximate surface area is 340 Å². The van der Waals surface area contributed by atoms with Gasteiger partial charge in [-0.25, -0.2) is 0 Å².